The Morgan fingerprint density at radius 3 is 2.62 bits per heavy atom. The van der Waals surface area contributed by atoms with Gasteiger partial charge in [0.05, 0.1) is 0 Å². The molecule has 0 amide bonds. The lowest BCUT2D eigenvalue weighted by Crippen LogP contribution is -1.74. The van der Waals surface area contributed by atoms with Gasteiger partial charge in [0.1, 0.15) is 0 Å². The molecule has 0 bridgehead atoms. The second-order valence-electron chi connectivity index (χ2n) is 3.01. The Hall–Kier alpha value is -1.30. The SMILES string of the molecule is CC=CC1=CCC(C=CC)=CC=C1. The fourth-order valence-corrected chi connectivity index (χ4v) is 1.31. The van der Waals surface area contributed by atoms with Crippen molar-refractivity contribution in [2.24, 2.45) is 0 Å². The van der Waals surface area contributed by atoms with Crippen LogP contribution < -0.4 is 0 Å². The first-order chi connectivity index (χ1) is 6.36. The summed E-state index contributed by atoms with van der Waals surface area (Å²) in [4.78, 5) is 0. The number of hydrogen-bond acceptors (Lipinski definition) is 0. The van der Waals surface area contributed by atoms with Gasteiger partial charge in [-0.15, -0.1) is 0 Å². The molecule has 68 valence electrons. The van der Waals surface area contributed by atoms with Gasteiger partial charge in [-0.3, -0.25) is 0 Å². The average Bonchev–Trinajstić information content (AvgIpc) is 2.33. The predicted octanol–water partition coefficient (Wildman–Crippen LogP) is 3.95. The number of rotatable bonds is 2. The molecular formula is C13H16. The molecule has 0 unspecified atom stereocenters. The first-order valence-corrected chi connectivity index (χ1v) is 4.69. The van der Waals surface area contributed by atoms with Gasteiger partial charge in [0.25, 0.3) is 0 Å². The normalized spacial score (nSPS) is 17.7. The molecule has 1 aliphatic carbocycles. The quantitative estimate of drug-likeness (QED) is 0.591. The molecule has 0 radical (unpaired) electrons. The minimum Gasteiger partial charge on any atom is -0.0874 e. The van der Waals surface area contributed by atoms with E-state index in [1.807, 2.05) is 13.8 Å². The van der Waals surface area contributed by atoms with Crippen molar-refractivity contribution in [2.75, 3.05) is 0 Å². The minimum absolute atomic E-state index is 1.02. The van der Waals surface area contributed by atoms with E-state index in [0.717, 1.165) is 6.42 Å². The van der Waals surface area contributed by atoms with Crippen molar-refractivity contribution in [3.63, 3.8) is 0 Å². The lowest BCUT2D eigenvalue weighted by molar-refractivity contribution is 1.28. The summed E-state index contributed by atoms with van der Waals surface area (Å²) in [6.07, 6.45) is 18.1. The summed E-state index contributed by atoms with van der Waals surface area (Å²) < 4.78 is 0. The zero-order valence-electron chi connectivity index (χ0n) is 8.33. The van der Waals surface area contributed by atoms with Gasteiger partial charge in [0.2, 0.25) is 0 Å². The van der Waals surface area contributed by atoms with Crippen LogP contribution in [0.25, 0.3) is 0 Å². The van der Waals surface area contributed by atoms with E-state index in [1.54, 1.807) is 0 Å². The van der Waals surface area contributed by atoms with Crippen molar-refractivity contribution in [3.8, 4) is 0 Å². The van der Waals surface area contributed by atoms with Crippen LogP contribution in [0.15, 0.2) is 59.8 Å². The molecule has 0 atom stereocenters. The van der Waals surface area contributed by atoms with Crippen LogP contribution in [0.1, 0.15) is 20.3 Å². The maximum Gasteiger partial charge on any atom is -0.00886 e. The summed E-state index contributed by atoms with van der Waals surface area (Å²) in [6.45, 7) is 4.09. The second-order valence-corrected chi connectivity index (χ2v) is 3.01. The van der Waals surface area contributed by atoms with Gasteiger partial charge < -0.3 is 0 Å². The van der Waals surface area contributed by atoms with Crippen molar-refractivity contribution in [3.05, 3.63) is 59.8 Å². The van der Waals surface area contributed by atoms with Gasteiger partial charge in [0.15, 0.2) is 0 Å². The zero-order valence-corrected chi connectivity index (χ0v) is 8.33. The highest BCUT2D eigenvalue weighted by atomic mass is 14.0. The van der Waals surface area contributed by atoms with E-state index in [4.69, 9.17) is 0 Å². The summed E-state index contributed by atoms with van der Waals surface area (Å²) in [5.41, 5.74) is 2.65. The van der Waals surface area contributed by atoms with E-state index < -0.39 is 0 Å². The summed E-state index contributed by atoms with van der Waals surface area (Å²) in [5, 5.41) is 0. The Morgan fingerprint density at radius 1 is 1.15 bits per heavy atom. The van der Waals surface area contributed by atoms with Crippen molar-refractivity contribution in [1.82, 2.24) is 0 Å². The third kappa shape index (κ3) is 3.29. The smallest absolute Gasteiger partial charge is 0.00886 e. The third-order valence-electron chi connectivity index (χ3n) is 1.91. The Labute approximate surface area is 80.7 Å². The van der Waals surface area contributed by atoms with Crippen molar-refractivity contribution in [1.29, 1.82) is 0 Å². The largest absolute Gasteiger partial charge is 0.0874 e. The Kier molecular flexibility index (Phi) is 4.04. The van der Waals surface area contributed by atoms with E-state index in [9.17, 15) is 0 Å². The molecule has 0 aromatic heterocycles. The molecule has 1 aliphatic rings. The second kappa shape index (κ2) is 5.36. The summed E-state index contributed by atoms with van der Waals surface area (Å²) in [7, 11) is 0. The number of hydrogen-bond donors (Lipinski definition) is 0. The molecule has 0 nitrogen and oxygen atoms in total. The Balaban J connectivity index is 2.74. The summed E-state index contributed by atoms with van der Waals surface area (Å²) >= 11 is 0. The fraction of sp³-hybridized carbons (Fsp3) is 0.231. The third-order valence-corrected chi connectivity index (χ3v) is 1.91. The first kappa shape index (κ1) is 9.79. The Morgan fingerprint density at radius 2 is 1.92 bits per heavy atom. The van der Waals surface area contributed by atoms with E-state index in [1.165, 1.54) is 11.1 Å². The molecule has 0 heterocycles. The van der Waals surface area contributed by atoms with Gasteiger partial charge >= 0.3 is 0 Å². The molecule has 0 heteroatoms. The maximum atomic E-state index is 2.25. The monoisotopic (exact) mass is 172 g/mol. The van der Waals surface area contributed by atoms with Gasteiger partial charge in [0, 0.05) is 0 Å². The predicted molar refractivity (Wildman–Crippen MR) is 59.6 cm³/mol. The van der Waals surface area contributed by atoms with Gasteiger partial charge in [-0.1, -0.05) is 48.6 Å². The molecule has 13 heavy (non-hydrogen) atoms. The molecule has 0 spiro atoms. The van der Waals surface area contributed by atoms with Crippen LogP contribution in [0, 0.1) is 0 Å². The highest BCUT2D eigenvalue weighted by Crippen LogP contribution is 2.13. The fourth-order valence-electron chi connectivity index (χ4n) is 1.31. The molecule has 0 fully saturated rings. The van der Waals surface area contributed by atoms with Crippen LogP contribution in [0.5, 0.6) is 0 Å². The van der Waals surface area contributed by atoms with Crippen molar-refractivity contribution in [2.45, 2.75) is 20.3 Å². The van der Waals surface area contributed by atoms with Crippen LogP contribution in [-0.2, 0) is 0 Å². The van der Waals surface area contributed by atoms with Crippen LogP contribution in [0.4, 0.5) is 0 Å². The molecule has 0 saturated carbocycles. The molecular weight excluding hydrogens is 156 g/mol. The van der Waals surface area contributed by atoms with Gasteiger partial charge in [-0.25, -0.2) is 0 Å². The van der Waals surface area contributed by atoms with Crippen molar-refractivity contribution < 1.29 is 0 Å². The standard InChI is InChI=1S/C13H16/c1-3-6-12-8-5-9-13(7-4-2)11-10-12/h3-10H,11H2,1-2H3. The van der Waals surface area contributed by atoms with Gasteiger partial charge in [-0.05, 0) is 31.4 Å². The van der Waals surface area contributed by atoms with Crippen LogP contribution in [0.2, 0.25) is 0 Å². The van der Waals surface area contributed by atoms with Gasteiger partial charge in [-0.2, -0.15) is 0 Å². The van der Waals surface area contributed by atoms with Crippen LogP contribution in [0.3, 0.4) is 0 Å². The summed E-state index contributed by atoms with van der Waals surface area (Å²) in [6, 6.07) is 0. The maximum absolute atomic E-state index is 2.25. The van der Waals surface area contributed by atoms with E-state index in [2.05, 4.69) is 48.6 Å². The zero-order chi connectivity index (χ0) is 9.52. The molecule has 0 aromatic carbocycles. The molecule has 0 N–H and O–H groups in total. The molecule has 0 aliphatic heterocycles. The topological polar surface area (TPSA) is 0 Å². The lowest BCUT2D eigenvalue weighted by Gasteiger charge is -1.93. The van der Waals surface area contributed by atoms with E-state index >= 15 is 0 Å². The molecule has 1 rings (SSSR count). The van der Waals surface area contributed by atoms with Crippen LogP contribution in [-0.4, -0.2) is 0 Å². The first-order valence-electron chi connectivity index (χ1n) is 4.69. The number of allylic oxidation sites excluding steroid dienone is 10. The van der Waals surface area contributed by atoms with E-state index in [-0.39, 0.29) is 0 Å². The lowest BCUT2D eigenvalue weighted by atomic mass is 10.1. The Bertz CT molecular complexity index is 296. The van der Waals surface area contributed by atoms with Crippen molar-refractivity contribution >= 4 is 0 Å². The summed E-state index contributed by atoms with van der Waals surface area (Å²) in [5.74, 6) is 0. The highest BCUT2D eigenvalue weighted by molar-refractivity contribution is 5.39. The van der Waals surface area contributed by atoms with E-state index in [0.29, 0.717) is 0 Å². The highest BCUT2D eigenvalue weighted by Gasteiger charge is 1.93. The molecule has 0 saturated heterocycles. The van der Waals surface area contributed by atoms with Crippen LogP contribution >= 0.6 is 0 Å². The average molecular weight is 172 g/mol. The molecule has 0 aromatic rings. The minimum atomic E-state index is 1.02.